The maximum absolute atomic E-state index is 11.0. The molecule has 2 N–H and O–H groups in total. The predicted octanol–water partition coefficient (Wildman–Crippen LogP) is 4.01. The highest BCUT2D eigenvalue weighted by atomic mass is 32.1. The molecule has 3 rings (SSSR count). The zero-order chi connectivity index (χ0) is 18.8. The van der Waals surface area contributed by atoms with Crippen molar-refractivity contribution in [2.24, 2.45) is 4.99 Å². The summed E-state index contributed by atoms with van der Waals surface area (Å²) in [7, 11) is 0. The zero-order valence-electron chi connectivity index (χ0n) is 13.3. The monoisotopic (exact) mass is 391 g/mol. The smallest absolute Gasteiger partial charge is 0.303 e. The van der Waals surface area contributed by atoms with Crippen LogP contribution in [-0.2, 0) is 11.3 Å². The lowest BCUT2D eigenvalue weighted by Crippen LogP contribution is -2.01. The SMILES string of the molecule is O=C(O)CCCn1c(O)c(C=C2C=Nc3ccc([N+](=O)[O-])cc32)sc1=S. The van der Waals surface area contributed by atoms with Crippen molar-refractivity contribution in [3.8, 4) is 5.88 Å². The average Bonchev–Trinajstić information content (AvgIpc) is 3.10. The highest BCUT2D eigenvalue weighted by molar-refractivity contribution is 7.73. The molecule has 26 heavy (non-hydrogen) atoms. The summed E-state index contributed by atoms with van der Waals surface area (Å²) in [5, 5.41) is 30.1. The summed E-state index contributed by atoms with van der Waals surface area (Å²) in [5.74, 6) is -0.959. The highest BCUT2D eigenvalue weighted by Gasteiger charge is 2.18. The average molecular weight is 391 g/mol. The van der Waals surface area contributed by atoms with Crippen molar-refractivity contribution in [1.29, 1.82) is 0 Å². The van der Waals surface area contributed by atoms with E-state index in [9.17, 15) is 20.0 Å². The Kier molecular flexibility index (Phi) is 4.96. The van der Waals surface area contributed by atoms with Gasteiger partial charge in [0.05, 0.1) is 15.5 Å². The third kappa shape index (κ3) is 3.55. The number of carboxylic acids is 1. The number of nitrogens with zero attached hydrogens (tertiary/aromatic N) is 3. The fourth-order valence-corrected chi connectivity index (χ4v) is 3.85. The minimum Gasteiger partial charge on any atom is -0.493 e. The number of thiazole rings is 1. The molecule has 2 aromatic rings. The van der Waals surface area contributed by atoms with Gasteiger partial charge in [0.25, 0.3) is 5.69 Å². The second kappa shape index (κ2) is 7.18. The number of aromatic nitrogens is 1. The van der Waals surface area contributed by atoms with Crippen LogP contribution in [0.15, 0.2) is 23.2 Å². The van der Waals surface area contributed by atoms with Crippen LogP contribution in [0.5, 0.6) is 5.88 Å². The summed E-state index contributed by atoms with van der Waals surface area (Å²) in [6.07, 6.45) is 3.57. The number of aromatic hydroxyl groups is 1. The summed E-state index contributed by atoms with van der Waals surface area (Å²) in [4.78, 5) is 25.8. The lowest BCUT2D eigenvalue weighted by molar-refractivity contribution is -0.384. The Morgan fingerprint density at radius 2 is 2.23 bits per heavy atom. The predicted molar refractivity (Wildman–Crippen MR) is 101 cm³/mol. The van der Waals surface area contributed by atoms with E-state index in [1.807, 2.05) is 0 Å². The van der Waals surface area contributed by atoms with Crippen LogP contribution in [0.25, 0.3) is 11.6 Å². The number of allylic oxidation sites excluding steroid dienone is 1. The zero-order valence-corrected chi connectivity index (χ0v) is 14.9. The molecule has 0 fully saturated rings. The number of hydrogen-bond donors (Lipinski definition) is 2. The molecular formula is C16H13N3O5S2. The van der Waals surface area contributed by atoms with Crippen LogP contribution >= 0.6 is 23.6 Å². The Balaban J connectivity index is 1.92. The maximum Gasteiger partial charge on any atom is 0.303 e. The second-order valence-electron chi connectivity index (χ2n) is 5.52. The van der Waals surface area contributed by atoms with Crippen molar-refractivity contribution in [3.05, 3.63) is 42.7 Å². The van der Waals surface area contributed by atoms with Crippen LogP contribution in [-0.4, -0.2) is 31.9 Å². The Labute approximate surface area is 156 Å². The van der Waals surface area contributed by atoms with Gasteiger partial charge in [0.2, 0.25) is 5.88 Å². The molecule has 0 amide bonds. The molecule has 134 valence electrons. The number of non-ortho nitro benzene ring substituents is 1. The quantitative estimate of drug-likeness (QED) is 0.436. The van der Waals surface area contributed by atoms with Crippen molar-refractivity contribution >= 4 is 58.8 Å². The van der Waals surface area contributed by atoms with Crippen LogP contribution in [0.2, 0.25) is 0 Å². The number of fused-ring (bicyclic) bond motifs is 1. The van der Waals surface area contributed by atoms with Gasteiger partial charge in [-0.1, -0.05) is 0 Å². The maximum atomic E-state index is 11.0. The van der Waals surface area contributed by atoms with E-state index in [1.165, 1.54) is 28.0 Å². The van der Waals surface area contributed by atoms with Crippen LogP contribution < -0.4 is 0 Å². The van der Waals surface area contributed by atoms with Gasteiger partial charge in [-0.2, -0.15) is 0 Å². The van der Waals surface area contributed by atoms with Gasteiger partial charge in [0.1, 0.15) is 0 Å². The van der Waals surface area contributed by atoms with E-state index in [1.54, 1.807) is 18.4 Å². The van der Waals surface area contributed by atoms with Gasteiger partial charge >= 0.3 is 5.97 Å². The van der Waals surface area contributed by atoms with Crippen molar-refractivity contribution in [2.75, 3.05) is 0 Å². The van der Waals surface area contributed by atoms with Gasteiger partial charge in [-0.25, -0.2) is 0 Å². The van der Waals surface area contributed by atoms with Gasteiger partial charge < -0.3 is 10.2 Å². The first kappa shape index (κ1) is 18.0. The fourth-order valence-electron chi connectivity index (χ4n) is 2.54. The lowest BCUT2D eigenvalue weighted by atomic mass is 10.1. The van der Waals surface area contributed by atoms with Crippen LogP contribution in [0, 0.1) is 14.1 Å². The molecule has 10 heteroatoms. The molecule has 2 heterocycles. The second-order valence-corrected chi connectivity index (χ2v) is 7.20. The number of rotatable bonds is 6. The van der Waals surface area contributed by atoms with E-state index in [2.05, 4.69) is 4.99 Å². The first-order chi connectivity index (χ1) is 12.4. The molecular weight excluding hydrogens is 378 g/mol. The summed E-state index contributed by atoms with van der Waals surface area (Å²) < 4.78 is 1.91. The van der Waals surface area contributed by atoms with E-state index in [-0.39, 0.29) is 18.0 Å². The summed E-state index contributed by atoms with van der Waals surface area (Å²) >= 11 is 6.42. The number of benzene rings is 1. The first-order valence-corrected chi connectivity index (χ1v) is 8.78. The Morgan fingerprint density at radius 1 is 1.46 bits per heavy atom. The fraction of sp³-hybridized carbons (Fsp3) is 0.188. The number of hydrogen-bond acceptors (Lipinski definition) is 7. The van der Waals surface area contributed by atoms with E-state index < -0.39 is 10.9 Å². The van der Waals surface area contributed by atoms with Crippen molar-refractivity contribution in [1.82, 2.24) is 4.57 Å². The third-order valence-electron chi connectivity index (χ3n) is 3.80. The molecule has 1 aliphatic heterocycles. The van der Waals surface area contributed by atoms with Crippen LogP contribution in [0.3, 0.4) is 0 Å². The van der Waals surface area contributed by atoms with Crippen molar-refractivity contribution < 1.29 is 19.9 Å². The number of aliphatic carboxylic acids is 1. The molecule has 0 saturated heterocycles. The van der Waals surface area contributed by atoms with Crippen molar-refractivity contribution in [3.63, 3.8) is 0 Å². The van der Waals surface area contributed by atoms with Crippen LogP contribution in [0.4, 0.5) is 11.4 Å². The minimum absolute atomic E-state index is 0.0167. The molecule has 1 aliphatic rings. The number of nitro benzene ring substituents is 1. The summed E-state index contributed by atoms with van der Waals surface area (Å²) in [6.45, 7) is 0.298. The van der Waals surface area contributed by atoms with Gasteiger partial charge in [-0.15, -0.1) is 11.3 Å². The van der Waals surface area contributed by atoms with Gasteiger partial charge in [-0.05, 0) is 30.8 Å². The van der Waals surface area contributed by atoms with Gasteiger partial charge in [-0.3, -0.25) is 24.5 Å². The normalized spacial score (nSPS) is 13.9. The number of carbonyl (C=O) groups is 1. The van der Waals surface area contributed by atoms with E-state index >= 15 is 0 Å². The minimum atomic E-state index is -0.908. The number of aliphatic imine (C=N–C) groups is 1. The third-order valence-corrected chi connectivity index (χ3v) is 5.18. The Hall–Kier alpha value is -2.85. The number of nitro groups is 1. The van der Waals surface area contributed by atoms with Crippen LogP contribution in [0.1, 0.15) is 23.3 Å². The molecule has 0 saturated carbocycles. The molecule has 8 nitrogen and oxygen atoms in total. The Bertz CT molecular complexity index is 1020. The van der Waals surface area contributed by atoms with Crippen molar-refractivity contribution in [2.45, 2.75) is 19.4 Å². The largest absolute Gasteiger partial charge is 0.493 e. The molecule has 0 radical (unpaired) electrons. The Morgan fingerprint density at radius 3 is 2.92 bits per heavy atom. The molecule has 0 bridgehead atoms. The van der Waals surface area contributed by atoms with E-state index in [0.29, 0.717) is 38.6 Å². The number of carboxylic acid groups (broad SMARTS) is 1. The molecule has 1 aromatic carbocycles. The van der Waals surface area contributed by atoms with E-state index in [4.69, 9.17) is 17.3 Å². The van der Waals surface area contributed by atoms with E-state index in [0.717, 1.165) is 0 Å². The highest BCUT2D eigenvalue weighted by Crippen LogP contribution is 2.37. The molecule has 0 spiro atoms. The lowest BCUT2D eigenvalue weighted by Gasteiger charge is -2.03. The summed E-state index contributed by atoms with van der Waals surface area (Å²) in [6, 6.07) is 4.40. The topological polar surface area (TPSA) is 118 Å². The standard InChI is InChI=1S/C16H13N3O5S2/c20-14(21)2-1-5-18-15(22)13(26-16(18)25)6-9-8-17-12-4-3-10(19(23)24)7-11(9)12/h3-4,6-8,22H,1-2,5H2,(H,20,21). The van der Waals surface area contributed by atoms with Gasteiger partial charge in [0.15, 0.2) is 3.95 Å². The molecule has 0 atom stereocenters. The molecule has 0 aliphatic carbocycles. The first-order valence-electron chi connectivity index (χ1n) is 7.56. The summed E-state index contributed by atoms with van der Waals surface area (Å²) in [5.41, 5.74) is 1.82. The van der Waals surface area contributed by atoms with Gasteiger partial charge in [0, 0.05) is 42.4 Å². The molecule has 1 aromatic heterocycles. The molecule has 0 unspecified atom stereocenters.